The number of carbonyl (C=O) groups is 1. The van der Waals surface area contributed by atoms with Crippen molar-refractivity contribution in [3.05, 3.63) is 48.7 Å². The van der Waals surface area contributed by atoms with Crippen molar-refractivity contribution in [3.63, 3.8) is 0 Å². The van der Waals surface area contributed by atoms with Crippen molar-refractivity contribution in [1.82, 2.24) is 9.97 Å². The lowest BCUT2D eigenvalue weighted by Crippen LogP contribution is -2.27. The molecule has 0 aliphatic heterocycles. The molecule has 1 aliphatic carbocycles. The average molecular weight is 347 g/mol. The first-order chi connectivity index (χ1) is 12.7. The van der Waals surface area contributed by atoms with E-state index in [2.05, 4.69) is 40.4 Å². The van der Waals surface area contributed by atoms with Gasteiger partial charge in [-0.2, -0.15) is 0 Å². The average Bonchev–Trinajstić information content (AvgIpc) is 3.14. The molecule has 1 amide bonds. The number of aromatic nitrogens is 2. The number of amides is 1. The van der Waals surface area contributed by atoms with E-state index in [0.29, 0.717) is 0 Å². The highest BCUT2D eigenvalue weighted by molar-refractivity contribution is 6.02. The number of fused-ring (bicyclic) bond motifs is 1. The van der Waals surface area contributed by atoms with Gasteiger partial charge in [-0.25, -0.2) is 4.98 Å². The maximum atomic E-state index is 12.7. The van der Waals surface area contributed by atoms with Crippen molar-refractivity contribution < 1.29 is 4.79 Å². The summed E-state index contributed by atoms with van der Waals surface area (Å²) in [5.74, 6) is 1.08. The number of anilines is 1. The number of benzene rings is 1. The van der Waals surface area contributed by atoms with E-state index in [-0.39, 0.29) is 11.8 Å². The van der Waals surface area contributed by atoms with Crippen LogP contribution in [0.1, 0.15) is 39.0 Å². The Bertz CT molecular complexity index is 892. The van der Waals surface area contributed by atoms with Gasteiger partial charge < -0.3 is 10.3 Å². The van der Waals surface area contributed by atoms with Crippen LogP contribution >= 0.6 is 0 Å². The molecule has 0 bridgehead atoms. The predicted molar refractivity (Wildman–Crippen MR) is 106 cm³/mol. The molecule has 0 unspecified atom stereocenters. The Labute approximate surface area is 154 Å². The van der Waals surface area contributed by atoms with E-state index in [1.807, 2.05) is 24.3 Å². The molecule has 4 heteroatoms. The molecule has 2 N–H and O–H groups in total. The summed E-state index contributed by atoms with van der Waals surface area (Å²) in [5.41, 5.74) is 3.77. The molecule has 2 heterocycles. The number of hydrogen-bond donors (Lipinski definition) is 2. The largest absolute Gasteiger partial charge is 0.339 e. The van der Waals surface area contributed by atoms with Gasteiger partial charge in [-0.05, 0) is 49.3 Å². The van der Waals surface area contributed by atoms with Crippen LogP contribution in [0.3, 0.4) is 0 Å². The number of pyridine rings is 1. The second-order valence-electron chi connectivity index (χ2n) is 7.28. The van der Waals surface area contributed by atoms with Crippen molar-refractivity contribution in [2.24, 2.45) is 11.8 Å². The second-order valence-corrected chi connectivity index (χ2v) is 7.28. The highest BCUT2D eigenvalue weighted by Crippen LogP contribution is 2.32. The molecule has 0 radical (unpaired) electrons. The van der Waals surface area contributed by atoms with Gasteiger partial charge in [0.1, 0.15) is 5.65 Å². The summed E-state index contributed by atoms with van der Waals surface area (Å²) in [5, 5.41) is 4.11. The van der Waals surface area contributed by atoms with Crippen LogP contribution in [-0.4, -0.2) is 15.9 Å². The van der Waals surface area contributed by atoms with Crippen molar-refractivity contribution in [2.45, 2.75) is 39.0 Å². The Morgan fingerprint density at radius 1 is 1.15 bits per heavy atom. The minimum atomic E-state index is 0.133. The molecule has 26 heavy (non-hydrogen) atoms. The van der Waals surface area contributed by atoms with Crippen LogP contribution in [0.5, 0.6) is 0 Å². The summed E-state index contributed by atoms with van der Waals surface area (Å²) in [7, 11) is 0. The van der Waals surface area contributed by atoms with E-state index in [1.54, 1.807) is 6.20 Å². The summed E-state index contributed by atoms with van der Waals surface area (Å²) in [6.07, 6.45) is 7.31. The summed E-state index contributed by atoms with van der Waals surface area (Å²) >= 11 is 0. The smallest absolute Gasteiger partial charge is 0.227 e. The summed E-state index contributed by atoms with van der Waals surface area (Å²) in [6.45, 7) is 2.25. The molecule has 1 aliphatic rings. The molecule has 134 valence electrons. The molecule has 4 rings (SSSR count). The normalized spacial score (nSPS) is 20.2. The van der Waals surface area contributed by atoms with E-state index >= 15 is 0 Å². The van der Waals surface area contributed by atoms with Crippen LogP contribution in [0.15, 0.2) is 48.7 Å². The lowest BCUT2D eigenvalue weighted by molar-refractivity contribution is -0.121. The summed E-state index contributed by atoms with van der Waals surface area (Å²) in [4.78, 5) is 20.5. The number of nitrogens with one attached hydrogen (secondary N) is 2. The van der Waals surface area contributed by atoms with Gasteiger partial charge in [0.15, 0.2) is 0 Å². The van der Waals surface area contributed by atoms with Crippen molar-refractivity contribution in [3.8, 4) is 11.3 Å². The van der Waals surface area contributed by atoms with Crippen LogP contribution in [0.25, 0.3) is 22.3 Å². The molecular weight excluding hydrogens is 322 g/mol. The first-order valence-corrected chi connectivity index (χ1v) is 9.58. The second kappa shape index (κ2) is 7.32. The fraction of sp³-hybridized carbons (Fsp3) is 0.364. The minimum absolute atomic E-state index is 0.133. The van der Waals surface area contributed by atoms with Gasteiger partial charge in [-0.1, -0.05) is 43.7 Å². The van der Waals surface area contributed by atoms with Gasteiger partial charge >= 0.3 is 0 Å². The highest BCUT2D eigenvalue weighted by Gasteiger charge is 2.25. The van der Waals surface area contributed by atoms with Crippen molar-refractivity contribution >= 4 is 22.6 Å². The molecule has 3 aromatic rings. The molecule has 0 saturated heterocycles. The molecule has 0 spiro atoms. The summed E-state index contributed by atoms with van der Waals surface area (Å²) < 4.78 is 0. The number of H-pyrrole nitrogens is 1. The lowest BCUT2D eigenvalue weighted by atomic mass is 9.80. The zero-order chi connectivity index (χ0) is 17.9. The topological polar surface area (TPSA) is 57.8 Å². The molecule has 1 aromatic carbocycles. The third kappa shape index (κ3) is 3.36. The van der Waals surface area contributed by atoms with E-state index in [1.165, 1.54) is 19.3 Å². The number of hydrogen-bond acceptors (Lipinski definition) is 2. The van der Waals surface area contributed by atoms with Crippen LogP contribution < -0.4 is 5.32 Å². The number of rotatable bonds is 4. The molecule has 1 saturated carbocycles. The maximum absolute atomic E-state index is 12.7. The highest BCUT2D eigenvalue weighted by atomic mass is 16.1. The molecule has 4 nitrogen and oxygen atoms in total. The van der Waals surface area contributed by atoms with Gasteiger partial charge in [0.25, 0.3) is 0 Å². The Balaban J connectivity index is 1.55. The Morgan fingerprint density at radius 2 is 1.92 bits per heavy atom. The first kappa shape index (κ1) is 16.8. The number of carbonyl (C=O) groups excluding carboxylic acids is 1. The number of nitrogens with zero attached hydrogens (tertiary/aromatic N) is 1. The SMILES string of the molecule is CCC1CCC(C(=O)Nc2ccnc3[nH]c(-c4ccccc4)cc23)CC1. The quantitative estimate of drug-likeness (QED) is 0.665. The van der Waals surface area contributed by atoms with Crippen LogP contribution in [0.4, 0.5) is 5.69 Å². The van der Waals surface area contributed by atoms with Gasteiger partial charge in [0.05, 0.1) is 5.69 Å². The van der Waals surface area contributed by atoms with Crippen LogP contribution in [0.2, 0.25) is 0 Å². The summed E-state index contributed by atoms with van der Waals surface area (Å²) in [6, 6.07) is 14.1. The van der Waals surface area contributed by atoms with Gasteiger partial charge in [0.2, 0.25) is 5.91 Å². The maximum Gasteiger partial charge on any atom is 0.227 e. The molecule has 2 aromatic heterocycles. The third-order valence-corrected chi connectivity index (χ3v) is 5.67. The van der Waals surface area contributed by atoms with E-state index < -0.39 is 0 Å². The minimum Gasteiger partial charge on any atom is -0.339 e. The van der Waals surface area contributed by atoms with E-state index in [0.717, 1.165) is 46.7 Å². The fourth-order valence-corrected chi connectivity index (χ4v) is 3.98. The van der Waals surface area contributed by atoms with Crippen LogP contribution in [0, 0.1) is 11.8 Å². The van der Waals surface area contributed by atoms with Gasteiger partial charge in [-0.15, -0.1) is 0 Å². The lowest BCUT2D eigenvalue weighted by Gasteiger charge is -2.26. The van der Waals surface area contributed by atoms with Gasteiger partial charge in [-0.3, -0.25) is 4.79 Å². The monoisotopic (exact) mass is 347 g/mol. The van der Waals surface area contributed by atoms with E-state index in [9.17, 15) is 4.79 Å². The van der Waals surface area contributed by atoms with E-state index in [4.69, 9.17) is 0 Å². The Morgan fingerprint density at radius 3 is 2.65 bits per heavy atom. The molecule has 1 fully saturated rings. The predicted octanol–water partition coefficient (Wildman–Crippen LogP) is 5.38. The zero-order valence-electron chi connectivity index (χ0n) is 15.2. The van der Waals surface area contributed by atoms with Crippen LogP contribution in [-0.2, 0) is 4.79 Å². The Hall–Kier alpha value is -2.62. The Kier molecular flexibility index (Phi) is 4.74. The molecular formula is C22H25N3O. The first-order valence-electron chi connectivity index (χ1n) is 9.58. The standard InChI is InChI=1S/C22H25N3O/c1-2-15-8-10-17(11-9-15)22(26)25-19-12-13-23-21-18(19)14-20(24-21)16-6-4-3-5-7-16/h3-7,12-15,17H,2,8-11H2,1H3,(H2,23,24,25,26). The third-order valence-electron chi connectivity index (χ3n) is 5.67. The van der Waals surface area contributed by atoms with Crippen molar-refractivity contribution in [2.75, 3.05) is 5.32 Å². The molecule has 0 atom stereocenters. The van der Waals surface area contributed by atoms with Gasteiger partial charge in [0, 0.05) is 23.2 Å². The number of aromatic amines is 1. The van der Waals surface area contributed by atoms with Crippen molar-refractivity contribution in [1.29, 1.82) is 0 Å². The fourth-order valence-electron chi connectivity index (χ4n) is 3.98. The zero-order valence-corrected chi connectivity index (χ0v) is 15.2.